The van der Waals surface area contributed by atoms with Crippen LogP contribution in [0.3, 0.4) is 0 Å². The molecule has 0 aliphatic rings. The molecule has 0 atom stereocenters. The number of fused-ring (bicyclic) bond motifs is 1. The highest BCUT2D eigenvalue weighted by Gasteiger charge is 2.18. The third-order valence-electron chi connectivity index (χ3n) is 3.81. The van der Waals surface area contributed by atoms with Gasteiger partial charge in [-0.05, 0) is 47.8 Å². The van der Waals surface area contributed by atoms with E-state index in [9.17, 15) is 0 Å². The first-order valence-electron chi connectivity index (χ1n) is 8.45. The fourth-order valence-electron chi connectivity index (χ4n) is 2.70. The average Bonchev–Trinajstić information content (AvgIpc) is 2.36. The maximum atomic E-state index is 4.98. The summed E-state index contributed by atoms with van der Waals surface area (Å²) in [5, 5.41) is 0. The van der Waals surface area contributed by atoms with E-state index in [4.69, 9.17) is 9.97 Å². The topological polar surface area (TPSA) is 25.8 Å². The van der Waals surface area contributed by atoms with Crippen LogP contribution in [0.15, 0.2) is 18.2 Å². The summed E-state index contributed by atoms with van der Waals surface area (Å²) in [5.74, 6) is 1.12. The van der Waals surface area contributed by atoms with Crippen molar-refractivity contribution in [1.29, 1.82) is 0 Å². The van der Waals surface area contributed by atoms with Crippen molar-refractivity contribution in [3.05, 3.63) is 35.2 Å². The van der Waals surface area contributed by atoms with E-state index < -0.39 is 0 Å². The van der Waals surface area contributed by atoms with Crippen molar-refractivity contribution in [2.45, 2.75) is 67.2 Å². The van der Waals surface area contributed by atoms with Gasteiger partial charge >= 0.3 is 0 Å². The Labute approximate surface area is 135 Å². The molecule has 1 heterocycles. The zero-order chi connectivity index (χ0) is 16.5. The molecule has 2 aromatic rings. The summed E-state index contributed by atoms with van der Waals surface area (Å²) in [6.45, 7) is 15.7. The SMILES string of the molecule is CC(C)Cc1nc2cc(C(C)C)ccc2nc1CC(C)(C)C. The molecule has 22 heavy (non-hydrogen) atoms. The number of benzene rings is 1. The second-order valence-corrected chi connectivity index (χ2v) is 8.36. The molecule has 0 unspecified atom stereocenters. The molecule has 0 aliphatic carbocycles. The van der Waals surface area contributed by atoms with Crippen LogP contribution in [0.5, 0.6) is 0 Å². The van der Waals surface area contributed by atoms with Crippen LogP contribution in [0.1, 0.15) is 71.3 Å². The highest BCUT2D eigenvalue weighted by atomic mass is 14.8. The summed E-state index contributed by atoms with van der Waals surface area (Å²) in [5.41, 5.74) is 5.98. The van der Waals surface area contributed by atoms with E-state index in [0.29, 0.717) is 11.8 Å². The summed E-state index contributed by atoms with van der Waals surface area (Å²) in [6, 6.07) is 6.52. The summed E-state index contributed by atoms with van der Waals surface area (Å²) in [6.07, 6.45) is 1.98. The molecule has 0 amide bonds. The zero-order valence-corrected chi connectivity index (χ0v) is 15.2. The van der Waals surface area contributed by atoms with Gasteiger partial charge in [0.2, 0.25) is 0 Å². The lowest BCUT2D eigenvalue weighted by molar-refractivity contribution is 0.403. The van der Waals surface area contributed by atoms with E-state index in [2.05, 4.69) is 66.7 Å². The van der Waals surface area contributed by atoms with Gasteiger partial charge in [0.1, 0.15) is 0 Å². The van der Waals surface area contributed by atoms with E-state index in [-0.39, 0.29) is 5.41 Å². The summed E-state index contributed by atoms with van der Waals surface area (Å²) >= 11 is 0. The van der Waals surface area contributed by atoms with Crippen molar-refractivity contribution in [2.75, 3.05) is 0 Å². The molecule has 2 heteroatoms. The molecule has 0 saturated heterocycles. The number of rotatable bonds is 4. The number of hydrogen-bond donors (Lipinski definition) is 0. The Morgan fingerprint density at radius 1 is 0.909 bits per heavy atom. The van der Waals surface area contributed by atoms with Crippen LogP contribution in [-0.2, 0) is 12.8 Å². The largest absolute Gasteiger partial charge is 0.249 e. The molecule has 1 aromatic heterocycles. The first-order valence-corrected chi connectivity index (χ1v) is 8.45. The third kappa shape index (κ3) is 4.28. The summed E-state index contributed by atoms with van der Waals surface area (Å²) < 4.78 is 0. The third-order valence-corrected chi connectivity index (χ3v) is 3.81. The molecule has 0 saturated carbocycles. The van der Waals surface area contributed by atoms with Gasteiger partial charge in [-0.2, -0.15) is 0 Å². The maximum absolute atomic E-state index is 4.98. The van der Waals surface area contributed by atoms with Crippen molar-refractivity contribution >= 4 is 11.0 Å². The van der Waals surface area contributed by atoms with Gasteiger partial charge in [0.25, 0.3) is 0 Å². The van der Waals surface area contributed by atoms with Gasteiger partial charge in [-0.15, -0.1) is 0 Å². The molecule has 0 fully saturated rings. The van der Waals surface area contributed by atoms with Gasteiger partial charge in [0.15, 0.2) is 0 Å². The number of nitrogens with zero attached hydrogens (tertiary/aromatic N) is 2. The van der Waals surface area contributed by atoms with Crippen LogP contribution >= 0.6 is 0 Å². The van der Waals surface area contributed by atoms with Crippen LogP contribution in [0.4, 0.5) is 0 Å². The predicted octanol–water partition coefficient (Wildman–Crippen LogP) is 5.54. The Morgan fingerprint density at radius 3 is 2.09 bits per heavy atom. The lowest BCUT2D eigenvalue weighted by Crippen LogP contribution is -2.15. The quantitative estimate of drug-likeness (QED) is 0.740. The molecule has 0 bridgehead atoms. The molecule has 1 aromatic carbocycles. The average molecular weight is 298 g/mol. The van der Waals surface area contributed by atoms with Crippen molar-refractivity contribution in [1.82, 2.24) is 9.97 Å². The fourth-order valence-corrected chi connectivity index (χ4v) is 2.70. The molecule has 0 aliphatic heterocycles. The minimum atomic E-state index is 0.228. The van der Waals surface area contributed by atoms with Crippen molar-refractivity contribution in [3.63, 3.8) is 0 Å². The van der Waals surface area contributed by atoms with Crippen molar-refractivity contribution < 1.29 is 0 Å². The van der Waals surface area contributed by atoms with Crippen LogP contribution in [0, 0.1) is 11.3 Å². The van der Waals surface area contributed by atoms with Crippen molar-refractivity contribution in [3.8, 4) is 0 Å². The first-order chi connectivity index (χ1) is 10.2. The van der Waals surface area contributed by atoms with Crippen LogP contribution < -0.4 is 0 Å². The van der Waals surface area contributed by atoms with E-state index in [1.807, 2.05) is 0 Å². The molecular formula is C20H30N2. The van der Waals surface area contributed by atoms with Gasteiger partial charge in [-0.3, -0.25) is 0 Å². The number of aromatic nitrogens is 2. The van der Waals surface area contributed by atoms with E-state index >= 15 is 0 Å². The molecule has 2 nitrogen and oxygen atoms in total. The van der Waals surface area contributed by atoms with Gasteiger partial charge in [0, 0.05) is 0 Å². The zero-order valence-electron chi connectivity index (χ0n) is 15.2. The minimum Gasteiger partial charge on any atom is -0.249 e. The Hall–Kier alpha value is -1.44. The first kappa shape index (κ1) is 16.9. The number of hydrogen-bond acceptors (Lipinski definition) is 2. The van der Waals surface area contributed by atoms with Gasteiger partial charge < -0.3 is 0 Å². The summed E-state index contributed by atoms with van der Waals surface area (Å²) in [7, 11) is 0. The highest BCUT2D eigenvalue weighted by molar-refractivity contribution is 5.75. The van der Waals surface area contributed by atoms with E-state index in [1.165, 1.54) is 17.0 Å². The van der Waals surface area contributed by atoms with E-state index in [1.54, 1.807) is 0 Å². The molecule has 2 rings (SSSR count). The monoisotopic (exact) mass is 298 g/mol. The minimum absolute atomic E-state index is 0.228. The lowest BCUT2D eigenvalue weighted by atomic mass is 9.88. The Bertz CT molecular complexity index is 649. The standard InChI is InChI=1S/C20H30N2/c1-13(2)10-17-19(12-20(5,6)7)21-16-9-8-15(14(3)4)11-18(16)22-17/h8-9,11,13-14H,10,12H2,1-7H3. The Morgan fingerprint density at radius 2 is 1.55 bits per heavy atom. The van der Waals surface area contributed by atoms with E-state index in [0.717, 1.165) is 23.9 Å². The molecule has 0 spiro atoms. The van der Waals surface area contributed by atoms with Crippen LogP contribution in [0.2, 0.25) is 0 Å². The van der Waals surface area contributed by atoms with Gasteiger partial charge in [0.05, 0.1) is 22.4 Å². The van der Waals surface area contributed by atoms with Crippen molar-refractivity contribution in [2.24, 2.45) is 11.3 Å². The molecule has 120 valence electrons. The molecular weight excluding hydrogens is 268 g/mol. The van der Waals surface area contributed by atoms with Gasteiger partial charge in [-0.1, -0.05) is 54.5 Å². The highest BCUT2D eigenvalue weighted by Crippen LogP contribution is 2.26. The molecule has 0 N–H and O–H groups in total. The lowest BCUT2D eigenvalue weighted by Gasteiger charge is -2.20. The Balaban J connectivity index is 2.55. The fraction of sp³-hybridized carbons (Fsp3) is 0.600. The van der Waals surface area contributed by atoms with Gasteiger partial charge in [-0.25, -0.2) is 9.97 Å². The normalized spacial score (nSPS) is 12.6. The predicted molar refractivity (Wildman–Crippen MR) is 95.3 cm³/mol. The second kappa shape index (κ2) is 6.36. The maximum Gasteiger partial charge on any atom is 0.0893 e. The Kier molecular flexibility index (Phi) is 4.89. The molecule has 0 radical (unpaired) electrons. The summed E-state index contributed by atoms with van der Waals surface area (Å²) in [4.78, 5) is 9.93. The smallest absolute Gasteiger partial charge is 0.0893 e. The van der Waals surface area contributed by atoms with Crippen LogP contribution in [-0.4, -0.2) is 9.97 Å². The second-order valence-electron chi connectivity index (χ2n) is 8.36. The van der Waals surface area contributed by atoms with Crippen LogP contribution in [0.25, 0.3) is 11.0 Å².